The summed E-state index contributed by atoms with van der Waals surface area (Å²) in [5.74, 6) is -0.916. The number of benzene rings is 2. The Bertz CT molecular complexity index is 869. The number of carbonyl (C=O) groups excluding carboxylic acids is 2. The molecule has 2 N–H and O–H groups in total. The molecular formula is C19H19FN4O2. The Labute approximate surface area is 151 Å². The molecule has 2 aromatic carbocycles. The van der Waals surface area contributed by atoms with E-state index in [2.05, 4.69) is 10.6 Å². The fourth-order valence-electron chi connectivity index (χ4n) is 2.41. The van der Waals surface area contributed by atoms with Gasteiger partial charge in [-0.05, 0) is 43.2 Å². The number of anilines is 2. The van der Waals surface area contributed by atoms with E-state index in [4.69, 9.17) is 5.26 Å². The molecule has 7 heteroatoms. The fraction of sp³-hybridized carbons (Fsp3) is 0.211. The highest BCUT2D eigenvalue weighted by Gasteiger charge is 2.16. The second-order valence-corrected chi connectivity index (χ2v) is 5.90. The van der Waals surface area contributed by atoms with Crippen molar-refractivity contribution in [2.45, 2.75) is 13.8 Å². The van der Waals surface area contributed by atoms with Gasteiger partial charge in [-0.15, -0.1) is 0 Å². The Kier molecular flexibility index (Phi) is 5.91. The Hall–Kier alpha value is -3.40. The maximum Gasteiger partial charge on any atom is 0.322 e. The number of hydrogen-bond donors (Lipinski definition) is 2. The van der Waals surface area contributed by atoms with E-state index in [0.29, 0.717) is 0 Å². The van der Waals surface area contributed by atoms with Crippen molar-refractivity contribution in [2.24, 2.45) is 0 Å². The molecule has 0 radical (unpaired) electrons. The molecule has 0 saturated heterocycles. The molecule has 0 bridgehead atoms. The van der Waals surface area contributed by atoms with Crippen LogP contribution in [0.25, 0.3) is 0 Å². The van der Waals surface area contributed by atoms with Crippen LogP contribution in [0.5, 0.6) is 0 Å². The first-order valence-corrected chi connectivity index (χ1v) is 7.89. The van der Waals surface area contributed by atoms with Gasteiger partial charge in [-0.3, -0.25) is 4.79 Å². The molecule has 0 fully saturated rings. The number of aryl methyl sites for hydroxylation is 2. The van der Waals surface area contributed by atoms with Crippen LogP contribution in [-0.2, 0) is 4.79 Å². The molecule has 0 aromatic heterocycles. The van der Waals surface area contributed by atoms with E-state index in [9.17, 15) is 14.0 Å². The van der Waals surface area contributed by atoms with Gasteiger partial charge in [-0.1, -0.05) is 18.2 Å². The number of nitrogens with one attached hydrogen (secondary N) is 2. The highest BCUT2D eigenvalue weighted by Crippen LogP contribution is 2.19. The molecule has 0 spiro atoms. The van der Waals surface area contributed by atoms with E-state index in [1.165, 1.54) is 18.0 Å². The normalized spacial score (nSPS) is 9.96. The highest BCUT2D eigenvalue weighted by atomic mass is 19.1. The van der Waals surface area contributed by atoms with Gasteiger partial charge in [0.15, 0.2) is 0 Å². The van der Waals surface area contributed by atoms with E-state index in [1.54, 1.807) is 0 Å². The summed E-state index contributed by atoms with van der Waals surface area (Å²) in [6, 6.07) is 10.4. The molecule has 0 saturated carbocycles. The maximum absolute atomic E-state index is 13.1. The number of nitriles is 1. The summed E-state index contributed by atoms with van der Waals surface area (Å²) in [5.41, 5.74) is 2.76. The third-order valence-corrected chi connectivity index (χ3v) is 3.82. The van der Waals surface area contributed by atoms with Gasteiger partial charge in [0.1, 0.15) is 18.4 Å². The van der Waals surface area contributed by atoms with Crippen LogP contribution < -0.4 is 10.6 Å². The molecule has 6 nitrogen and oxygen atoms in total. The second kappa shape index (κ2) is 8.12. The molecule has 3 amide bonds. The van der Waals surface area contributed by atoms with Crippen LogP contribution in [0.15, 0.2) is 36.4 Å². The van der Waals surface area contributed by atoms with E-state index in [-0.39, 0.29) is 23.7 Å². The van der Waals surface area contributed by atoms with Crippen molar-refractivity contribution in [3.63, 3.8) is 0 Å². The van der Waals surface area contributed by atoms with Crippen molar-refractivity contribution >= 4 is 23.3 Å². The van der Waals surface area contributed by atoms with Crippen LogP contribution in [0.2, 0.25) is 0 Å². The van der Waals surface area contributed by atoms with Crippen molar-refractivity contribution in [1.29, 1.82) is 5.26 Å². The van der Waals surface area contributed by atoms with Gasteiger partial charge in [-0.25, -0.2) is 9.18 Å². The molecule has 2 rings (SSSR count). The SMILES string of the molecule is Cc1cccc(C)c1NC(=O)CN(C)C(=O)Nc1ccc(F)cc1C#N. The van der Waals surface area contributed by atoms with Crippen LogP contribution in [0, 0.1) is 31.0 Å². The average Bonchev–Trinajstić information content (AvgIpc) is 2.59. The lowest BCUT2D eigenvalue weighted by Crippen LogP contribution is -2.38. The number of urea groups is 1. The van der Waals surface area contributed by atoms with Gasteiger partial charge in [0.2, 0.25) is 5.91 Å². The average molecular weight is 354 g/mol. The number of hydrogen-bond acceptors (Lipinski definition) is 3. The van der Waals surface area contributed by atoms with Gasteiger partial charge in [-0.2, -0.15) is 5.26 Å². The molecule has 0 aliphatic heterocycles. The molecule has 0 aliphatic rings. The van der Waals surface area contributed by atoms with E-state index >= 15 is 0 Å². The number of para-hydroxylation sites is 1. The minimum absolute atomic E-state index is 0.00624. The largest absolute Gasteiger partial charge is 0.324 e. The van der Waals surface area contributed by atoms with Crippen LogP contribution in [0.1, 0.15) is 16.7 Å². The number of amides is 3. The smallest absolute Gasteiger partial charge is 0.322 e. The van der Waals surface area contributed by atoms with E-state index in [0.717, 1.165) is 28.9 Å². The number of carbonyl (C=O) groups is 2. The molecule has 0 aliphatic carbocycles. The lowest BCUT2D eigenvalue weighted by molar-refractivity contribution is -0.116. The lowest BCUT2D eigenvalue weighted by Gasteiger charge is -2.19. The maximum atomic E-state index is 13.1. The van der Waals surface area contributed by atoms with E-state index < -0.39 is 11.8 Å². The standard InChI is InChI=1S/C19H19FN4O2/c1-12-5-4-6-13(2)18(12)23-17(25)11-24(3)19(26)22-16-8-7-15(20)9-14(16)10-21/h4-9H,11H2,1-3H3,(H,22,26)(H,23,25). The van der Waals surface area contributed by atoms with Crippen molar-refractivity contribution < 1.29 is 14.0 Å². The number of halogens is 1. The van der Waals surface area contributed by atoms with Crippen molar-refractivity contribution in [3.8, 4) is 6.07 Å². The summed E-state index contributed by atoms with van der Waals surface area (Å²) >= 11 is 0. The summed E-state index contributed by atoms with van der Waals surface area (Å²) in [6.07, 6.45) is 0. The van der Waals surface area contributed by atoms with Crippen molar-refractivity contribution in [1.82, 2.24) is 4.90 Å². The van der Waals surface area contributed by atoms with Crippen LogP contribution >= 0.6 is 0 Å². The Morgan fingerprint density at radius 1 is 1.15 bits per heavy atom. The molecule has 0 unspecified atom stereocenters. The summed E-state index contributed by atoms with van der Waals surface area (Å²) in [5, 5.41) is 14.3. The molecule has 134 valence electrons. The minimum Gasteiger partial charge on any atom is -0.324 e. The number of likely N-dealkylation sites (N-methyl/N-ethyl adjacent to an activating group) is 1. The summed E-state index contributed by atoms with van der Waals surface area (Å²) in [7, 11) is 1.45. The van der Waals surface area contributed by atoms with E-state index in [1.807, 2.05) is 38.1 Å². The topological polar surface area (TPSA) is 85.2 Å². The molecule has 26 heavy (non-hydrogen) atoms. The Balaban J connectivity index is 2.01. The lowest BCUT2D eigenvalue weighted by atomic mass is 10.1. The number of rotatable bonds is 4. The zero-order valence-corrected chi connectivity index (χ0v) is 14.8. The number of nitrogens with zero attached hydrogens (tertiary/aromatic N) is 2. The van der Waals surface area contributed by atoms with Crippen molar-refractivity contribution in [2.75, 3.05) is 24.2 Å². The summed E-state index contributed by atoms with van der Waals surface area (Å²) in [4.78, 5) is 25.6. The Morgan fingerprint density at radius 3 is 2.42 bits per heavy atom. The van der Waals surface area contributed by atoms with Crippen LogP contribution in [0.3, 0.4) is 0 Å². The summed E-state index contributed by atoms with van der Waals surface area (Å²) < 4.78 is 13.1. The predicted molar refractivity (Wildman–Crippen MR) is 97.3 cm³/mol. The predicted octanol–water partition coefficient (Wildman–Crippen LogP) is 3.42. The quantitative estimate of drug-likeness (QED) is 0.882. The second-order valence-electron chi connectivity index (χ2n) is 5.90. The third-order valence-electron chi connectivity index (χ3n) is 3.82. The first-order chi connectivity index (χ1) is 12.3. The first-order valence-electron chi connectivity index (χ1n) is 7.89. The summed E-state index contributed by atoms with van der Waals surface area (Å²) in [6.45, 7) is 3.59. The van der Waals surface area contributed by atoms with Crippen molar-refractivity contribution in [3.05, 3.63) is 58.9 Å². The van der Waals surface area contributed by atoms with Crippen LogP contribution in [0.4, 0.5) is 20.6 Å². The van der Waals surface area contributed by atoms with Gasteiger partial charge in [0, 0.05) is 12.7 Å². The first kappa shape index (κ1) is 18.9. The molecule has 2 aromatic rings. The minimum atomic E-state index is -0.579. The van der Waals surface area contributed by atoms with Gasteiger partial charge in [0.25, 0.3) is 0 Å². The fourth-order valence-corrected chi connectivity index (χ4v) is 2.41. The highest BCUT2D eigenvalue weighted by molar-refractivity contribution is 5.98. The van der Waals surface area contributed by atoms with Crippen LogP contribution in [-0.4, -0.2) is 30.4 Å². The molecule has 0 heterocycles. The van der Waals surface area contributed by atoms with Gasteiger partial charge >= 0.3 is 6.03 Å². The molecule has 0 atom stereocenters. The molecular weight excluding hydrogens is 335 g/mol. The third kappa shape index (κ3) is 4.57. The monoisotopic (exact) mass is 354 g/mol. The van der Waals surface area contributed by atoms with Gasteiger partial charge < -0.3 is 15.5 Å². The van der Waals surface area contributed by atoms with Gasteiger partial charge in [0.05, 0.1) is 11.3 Å². The Morgan fingerprint density at radius 2 is 1.81 bits per heavy atom. The zero-order chi connectivity index (χ0) is 19.3. The zero-order valence-electron chi connectivity index (χ0n) is 14.8.